The van der Waals surface area contributed by atoms with Crippen LogP contribution in [0.5, 0.6) is 0 Å². The summed E-state index contributed by atoms with van der Waals surface area (Å²) < 4.78 is 0. The Hall–Kier alpha value is -2.61. The molecule has 1 fully saturated rings. The molecule has 18 heavy (non-hydrogen) atoms. The van der Waals surface area contributed by atoms with Crippen LogP contribution in [-0.2, 0) is 4.79 Å². The molecule has 3 amide bonds. The fourth-order valence-corrected chi connectivity index (χ4v) is 1.79. The van der Waals surface area contributed by atoms with E-state index < -0.39 is 12.1 Å². The number of urea groups is 1. The fourth-order valence-electron chi connectivity index (χ4n) is 1.79. The Kier molecular flexibility index (Phi) is 3.11. The maximum atomic E-state index is 12.0. The van der Waals surface area contributed by atoms with E-state index >= 15 is 0 Å². The number of carbonyl (C=O) groups excluding carboxylic acids is 2. The first kappa shape index (κ1) is 11.9. The number of carbonyl (C=O) groups is 2. The van der Waals surface area contributed by atoms with Gasteiger partial charge in [-0.15, -0.1) is 6.58 Å². The van der Waals surface area contributed by atoms with Crippen molar-refractivity contribution in [3.63, 3.8) is 0 Å². The van der Waals surface area contributed by atoms with Crippen molar-refractivity contribution in [2.75, 3.05) is 4.90 Å². The third-order valence-corrected chi connectivity index (χ3v) is 2.68. The molecule has 1 atom stereocenters. The fraction of sp³-hybridized carbons (Fsp3) is 0.154. The van der Waals surface area contributed by atoms with Crippen molar-refractivity contribution in [2.45, 2.75) is 12.5 Å². The van der Waals surface area contributed by atoms with Gasteiger partial charge in [-0.05, 0) is 30.7 Å². The van der Waals surface area contributed by atoms with Gasteiger partial charge in [0.15, 0.2) is 0 Å². The van der Waals surface area contributed by atoms with E-state index in [-0.39, 0.29) is 5.91 Å². The van der Waals surface area contributed by atoms with E-state index in [0.717, 1.165) is 4.90 Å². The van der Waals surface area contributed by atoms with Gasteiger partial charge >= 0.3 is 6.03 Å². The summed E-state index contributed by atoms with van der Waals surface area (Å²) in [6.45, 7) is 3.55. The van der Waals surface area contributed by atoms with E-state index in [1.165, 1.54) is 0 Å². The SMILES string of the molecule is C=CCC1NC(=O)N(c2ccc(C#N)cc2)C1=O. The first-order valence-corrected chi connectivity index (χ1v) is 5.43. The van der Waals surface area contributed by atoms with Crippen LogP contribution in [0.2, 0.25) is 0 Å². The summed E-state index contributed by atoms with van der Waals surface area (Å²) in [5.74, 6) is -0.301. The van der Waals surface area contributed by atoms with Crippen LogP contribution in [0, 0.1) is 11.3 Å². The Bertz CT molecular complexity index is 542. The van der Waals surface area contributed by atoms with Gasteiger partial charge in [0.1, 0.15) is 6.04 Å². The van der Waals surface area contributed by atoms with Crippen LogP contribution in [-0.4, -0.2) is 18.0 Å². The predicted molar refractivity (Wildman–Crippen MR) is 65.8 cm³/mol. The lowest BCUT2D eigenvalue weighted by Crippen LogP contribution is -2.31. The molecule has 0 aromatic heterocycles. The molecule has 0 saturated carbocycles. The van der Waals surface area contributed by atoms with Gasteiger partial charge in [-0.2, -0.15) is 5.26 Å². The summed E-state index contributed by atoms with van der Waals surface area (Å²) in [6.07, 6.45) is 1.99. The molecule has 1 unspecified atom stereocenters. The van der Waals surface area contributed by atoms with E-state index in [9.17, 15) is 9.59 Å². The lowest BCUT2D eigenvalue weighted by atomic mass is 10.2. The highest BCUT2D eigenvalue weighted by atomic mass is 16.2. The van der Waals surface area contributed by atoms with Crippen molar-refractivity contribution >= 4 is 17.6 Å². The van der Waals surface area contributed by atoms with E-state index in [4.69, 9.17) is 5.26 Å². The molecule has 1 saturated heterocycles. The Balaban J connectivity index is 2.27. The molecule has 0 spiro atoms. The van der Waals surface area contributed by atoms with E-state index in [2.05, 4.69) is 11.9 Å². The number of rotatable bonds is 3. The smallest absolute Gasteiger partial charge is 0.325 e. The maximum Gasteiger partial charge on any atom is 0.329 e. The van der Waals surface area contributed by atoms with E-state index in [1.807, 2.05) is 6.07 Å². The standard InChI is InChI=1S/C13H11N3O2/c1-2-3-11-12(17)16(13(18)15-11)10-6-4-9(8-14)5-7-10/h2,4-7,11H,1,3H2,(H,15,18). The molecule has 5 heteroatoms. The largest absolute Gasteiger partial charge is 0.329 e. The zero-order valence-electron chi connectivity index (χ0n) is 9.59. The average Bonchev–Trinajstić information content (AvgIpc) is 2.65. The number of nitrogens with one attached hydrogen (secondary N) is 1. The Morgan fingerprint density at radius 3 is 2.61 bits per heavy atom. The summed E-state index contributed by atoms with van der Waals surface area (Å²) in [7, 11) is 0. The minimum absolute atomic E-state index is 0.301. The molecule has 90 valence electrons. The minimum Gasteiger partial charge on any atom is -0.325 e. The van der Waals surface area contributed by atoms with Gasteiger partial charge in [0.2, 0.25) is 0 Å². The number of amides is 3. The van der Waals surface area contributed by atoms with Gasteiger partial charge in [-0.1, -0.05) is 6.08 Å². The van der Waals surface area contributed by atoms with Crippen LogP contribution >= 0.6 is 0 Å². The van der Waals surface area contributed by atoms with Crippen molar-refractivity contribution < 1.29 is 9.59 Å². The lowest BCUT2D eigenvalue weighted by Gasteiger charge is -2.12. The van der Waals surface area contributed by atoms with Crippen molar-refractivity contribution in [1.82, 2.24) is 5.32 Å². The number of imide groups is 1. The molecule has 2 rings (SSSR count). The minimum atomic E-state index is -0.550. The average molecular weight is 241 g/mol. The molecule has 1 aliphatic rings. The molecule has 1 heterocycles. The molecule has 1 aromatic rings. The second-order valence-corrected chi connectivity index (χ2v) is 3.86. The Morgan fingerprint density at radius 1 is 1.39 bits per heavy atom. The normalized spacial score (nSPS) is 18.4. The van der Waals surface area contributed by atoms with Crippen LogP contribution in [0.25, 0.3) is 0 Å². The van der Waals surface area contributed by atoms with Gasteiger partial charge in [0.05, 0.1) is 17.3 Å². The third kappa shape index (κ3) is 1.96. The molecule has 1 aromatic carbocycles. The summed E-state index contributed by atoms with van der Waals surface area (Å²) in [6, 6.07) is 7.26. The summed E-state index contributed by atoms with van der Waals surface area (Å²) >= 11 is 0. The maximum absolute atomic E-state index is 12.0. The van der Waals surface area contributed by atoms with Gasteiger partial charge in [0, 0.05) is 0 Å². The van der Waals surface area contributed by atoms with E-state index in [0.29, 0.717) is 17.7 Å². The number of anilines is 1. The molecule has 5 nitrogen and oxygen atoms in total. The first-order chi connectivity index (χ1) is 8.67. The van der Waals surface area contributed by atoms with Crippen molar-refractivity contribution in [3.05, 3.63) is 42.5 Å². The molecule has 0 bridgehead atoms. The van der Waals surface area contributed by atoms with E-state index in [1.54, 1.807) is 30.3 Å². The number of hydrogen-bond acceptors (Lipinski definition) is 3. The molecular weight excluding hydrogens is 230 g/mol. The first-order valence-electron chi connectivity index (χ1n) is 5.43. The molecule has 1 N–H and O–H groups in total. The van der Waals surface area contributed by atoms with Gasteiger partial charge < -0.3 is 5.32 Å². The monoisotopic (exact) mass is 241 g/mol. The zero-order chi connectivity index (χ0) is 13.1. The second-order valence-electron chi connectivity index (χ2n) is 3.86. The summed E-state index contributed by atoms with van der Waals surface area (Å²) in [5.41, 5.74) is 0.941. The number of nitriles is 1. The van der Waals surface area contributed by atoms with Gasteiger partial charge in [-0.25, -0.2) is 9.69 Å². The zero-order valence-corrected chi connectivity index (χ0v) is 9.59. The lowest BCUT2D eigenvalue weighted by molar-refractivity contribution is -0.118. The molecule has 0 aliphatic carbocycles. The highest BCUT2D eigenvalue weighted by molar-refractivity contribution is 6.21. The van der Waals surface area contributed by atoms with Crippen molar-refractivity contribution in [1.29, 1.82) is 5.26 Å². The number of hydrogen-bond donors (Lipinski definition) is 1. The molecule has 1 aliphatic heterocycles. The van der Waals surface area contributed by atoms with Crippen molar-refractivity contribution in [2.24, 2.45) is 0 Å². The van der Waals surface area contributed by atoms with Gasteiger partial charge in [0.25, 0.3) is 5.91 Å². The van der Waals surface area contributed by atoms with Crippen LogP contribution in [0.1, 0.15) is 12.0 Å². The van der Waals surface area contributed by atoms with Crippen LogP contribution in [0.15, 0.2) is 36.9 Å². The van der Waals surface area contributed by atoms with Crippen LogP contribution in [0.3, 0.4) is 0 Å². The van der Waals surface area contributed by atoms with Crippen molar-refractivity contribution in [3.8, 4) is 6.07 Å². The molecular formula is C13H11N3O2. The molecule has 0 radical (unpaired) electrons. The number of benzene rings is 1. The topological polar surface area (TPSA) is 73.2 Å². The summed E-state index contributed by atoms with van der Waals surface area (Å²) in [4.78, 5) is 24.8. The van der Waals surface area contributed by atoms with Crippen LogP contribution < -0.4 is 10.2 Å². The number of nitrogens with zero attached hydrogens (tertiary/aromatic N) is 2. The highest BCUT2D eigenvalue weighted by Gasteiger charge is 2.37. The van der Waals surface area contributed by atoms with Gasteiger partial charge in [-0.3, -0.25) is 4.79 Å². The quantitative estimate of drug-likeness (QED) is 0.644. The Labute approximate surface area is 104 Å². The van der Waals surface area contributed by atoms with Crippen LogP contribution in [0.4, 0.5) is 10.5 Å². The Morgan fingerprint density at radius 2 is 2.06 bits per heavy atom. The third-order valence-electron chi connectivity index (χ3n) is 2.68. The highest BCUT2D eigenvalue weighted by Crippen LogP contribution is 2.21. The predicted octanol–water partition coefficient (Wildman–Crippen LogP) is 1.56. The second kappa shape index (κ2) is 4.72. The summed E-state index contributed by atoms with van der Waals surface area (Å²) in [5, 5.41) is 11.3.